The summed E-state index contributed by atoms with van der Waals surface area (Å²) in [5.41, 5.74) is 0.481. The summed E-state index contributed by atoms with van der Waals surface area (Å²) in [5.74, 6) is 0.0112. The first-order chi connectivity index (χ1) is 8.66. The quantitative estimate of drug-likeness (QED) is 0.848. The minimum atomic E-state index is -0.357. The van der Waals surface area contributed by atoms with E-state index in [1.165, 1.54) is 18.2 Å². The maximum Gasteiger partial charge on any atom is 0.251 e. The van der Waals surface area contributed by atoms with Gasteiger partial charge in [-0.25, -0.2) is 4.39 Å². The normalized spacial score (nSPS) is 18.7. The second-order valence-electron chi connectivity index (χ2n) is 4.49. The van der Waals surface area contributed by atoms with Crippen molar-refractivity contribution in [1.82, 2.24) is 5.32 Å². The van der Waals surface area contributed by atoms with Gasteiger partial charge in [0.05, 0.1) is 4.47 Å². The monoisotopic (exact) mass is 311 g/mol. The van der Waals surface area contributed by atoms with Gasteiger partial charge < -0.3 is 5.32 Å². The second kappa shape index (κ2) is 6.14. The summed E-state index contributed by atoms with van der Waals surface area (Å²) in [7, 11) is 0. The van der Waals surface area contributed by atoms with Gasteiger partial charge in [0.25, 0.3) is 5.91 Å². The van der Waals surface area contributed by atoms with Gasteiger partial charge in [-0.05, 0) is 59.3 Å². The SMILES string of the molecule is O=C(NCC1CC=CCC1)c1ccc(F)c(Br)c1. The molecular weight excluding hydrogens is 297 g/mol. The molecule has 2 rings (SSSR count). The van der Waals surface area contributed by atoms with Gasteiger partial charge in [0.1, 0.15) is 5.82 Å². The molecule has 0 spiro atoms. The number of carbonyl (C=O) groups is 1. The van der Waals surface area contributed by atoms with Crippen LogP contribution in [-0.2, 0) is 0 Å². The number of halogens is 2. The highest BCUT2D eigenvalue weighted by atomic mass is 79.9. The van der Waals surface area contributed by atoms with Gasteiger partial charge in [0.15, 0.2) is 0 Å². The number of hydrogen-bond donors (Lipinski definition) is 1. The minimum Gasteiger partial charge on any atom is -0.352 e. The molecular formula is C14H15BrFNO. The fourth-order valence-electron chi connectivity index (χ4n) is 2.02. The molecule has 96 valence electrons. The van der Waals surface area contributed by atoms with Crippen LogP contribution < -0.4 is 5.32 Å². The number of allylic oxidation sites excluding steroid dienone is 2. The van der Waals surface area contributed by atoms with Crippen LogP contribution in [0.2, 0.25) is 0 Å². The molecule has 0 radical (unpaired) electrons. The highest BCUT2D eigenvalue weighted by Crippen LogP contribution is 2.18. The van der Waals surface area contributed by atoms with Crippen molar-refractivity contribution >= 4 is 21.8 Å². The highest BCUT2D eigenvalue weighted by molar-refractivity contribution is 9.10. The summed E-state index contributed by atoms with van der Waals surface area (Å²) in [4.78, 5) is 11.9. The van der Waals surface area contributed by atoms with Gasteiger partial charge in [-0.15, -0.1) is 0 Å². The van der Waals surface area contributed by atoms with E-state index >= 15 is 0 Å². The molecule has 1 atom stereocenters. The Morgan fingerprint density at radius 1 is 1.44 bits per heavy atom. The third-order valence-corrected chi connectivity index (χ3v) is 3.72. The van der Waals surface area contributed by atoms with Crippen LogP contribution in [0, 0.1) is 11.7 Å². The number of carbonyl (C=O) groups excluding carboxylic acids is 1. The van der Waals surface area contributed by atoms with E-state index in [1.807, 2.05) is 0 Å². The molecule has 0 saturated heterocycles. The third-order valence-electron chi connectivity index (χ3n) is 3.11. The molecule has 1 aromatic carbocycles. The summed E-state index contributed by atoms with van der Waals surface area (Å²) in [5, 5.41) is 2.90. The molecule has 1 amide bonds. The fourth-order valence-corrected chi connectivity index (χ4v) is 2.40. The van der Waals surface area contributed by atoms with Crippen LogP contribution in [0.4, 0.5) is 4.39 Å². The van der Waals surface area contributed by atoms with Gasteiger partial charge in [-0.3, -0.25) is 4.79 Å². The van der Waals surface area contributed by atoms with Crippen molar-refractivity contribution in [3.8, 4) is 0 Å². The Bertz CT molecular complexity index is 473. The van der Waals surface area contributed by atoms with E-state index in [4.69, 9.17) is 0 Å². The zero-order valence-electron chi connectivity index (χ0n) is 9.96. The molecule has 2 nitrogen and oxygen atoms in total. The predicted octanol–water partition coefficient (Wildman–Crippen LogP) is 3.67. The number of rotatable bonds is 3. The van der Waals surface area contributed by atoms with E-state index in [2.05, 4.69) is 33.4 Å². The van der Waals surface area contributed by atoms with E-state index in [0.29, 0.717) is 22.5 Å². The molecule has 4 heteroatoms. The molecule has 0 fully saturated rings. The summed E-state index contributed by atoms with van der Waals surface area (Å²) in [6, 6.07) is 4.30. The standard InChI is InChI=1S/C14H15BrFNO/c15-12-8-11(6-7-13(12)16)14(18)17-9-10-4-2-1-3-5-10/h1-2,6-8,10H,3-5,9H2,(H,17,18). The average Bonchev–Trinajstić information content (AvgIpc) is 2.40. The maximum atomic E-state index is 13.1. The second-order valence-corrected chi connectivity index (χ2v) is 5.34. The Balaban J connectivity index is 1.91. The van der Waals surface area contributed by atoms with E-state index in [9.17, 15) is 9.18 Å². The van der Waals surface area contributed by atoms with Crippen molar-refractivity contribution in [2.45, 2.75) is 19.3 Å². The lowest BCUT2D eigenvalue weighted by Crippen LogP contribution is -2.29. The van der Waals surface area contributed by atoms with Gasteiger partial charge in [-0.1, -0.05) is 12.2 Å². The van der Waals surface area contributed by atoms with E-state index < -0.39 is 0 Å². The topological polar surface area (TPSA) is 29.1 Å². The zero-order chi connectivity index (χ0) is 13.0. The van der Waals surface area contributed by atoms with E-state index in [1.54, 1.807) is 0 Å². The third kappa shape index (κ3) is 3.42. The van der Waals surface area contributed by atoms with Crippen LogP contribution in [-0.4, -0.2) is 12.5 Å². The smallest absolute Gasteiger partial charge is 0.251 e. The molecule has 0 heterocycles. The largest absolute Gasteiger partial charge is 0.352 e. The highest BCUT2D eigenvalue weighted by Gasteiger charge is 2.13. The molecule has 1 aromatic rings. The van der Waals surface area contributed by atoms with Crippen molar-refractivity contribution in [3.05, 3.63) is 46.2 Å². The van der Waals surface area contributed by atoms with Gasteiger partial charge in [0.2, 0.25) is 0 Å². The van der Waals surface area contributed by atoms with Crippen molar-refractivity contribution in [2.24, 2.45) is 5.92 Å². The number of hydrogen-bond acceptors (Lipinski definition) is 1. The summed E-state index contributed by atoms with van der Waals surface area (Å²) < 4.78 is 13.4. The van der Waals surface area contributed by atoms with Crippen LogP contribution in [0.5, 0.6) is 0 Å². The summed E-state index contributed by atoms with van der Waals surface area (Å²) in [6.07, 6.45) is 7.56. The molecule has 0 aromatic heterocycles. The van der Waals surface area contributed by atoms with Crippen molar-refractivity contribution in [1.29, 1.82) is 0 Å². The van der Waals surface area contributed by atoms with E-state index in [0.717, 1.165) is 19.3 Å². The summed E-state index contributed by atoms with van der Waals surface area (Å²) >= 11 is 3.08. The van der Waals surface area contributed by atoms with Crippen LogP contribution in [0.3, 0.4) is 0 Å². The first kappa shape index (κ1) is 13.3. The molecule has 0 saturated carbocycles. The number of amides is 1. The fraction of sp³-hybridized carbons (Fsp3) is 0.357. The molecule has 18 heavy (non-hydrogen) atoms. The Labute approximate surface area is 114 Å². The lowest BCUT2D eigenvalue weighted by atomic mass is 9.94. The first-order valence-electron chi connectivity index (χ1n) is 6.05. The van der Waals surface area contributed by atoms with Gasteiger partial charge in [-0.2, -0.15) is 0 Å². The Kier molecular flexibility index (Phi) is 4.53. The van der Waals surface area contributed by atoms with Gasteiger partial charge >= 0.3 is 0 Å². The van der Waals surface area contributed by atoms with Crippen molar-refractivity contribution < 1.29 is 9.18 Å². The Hall–Kier alpha value is -1.16. The summed E-state index contributed by atoms with van der Waals surface area (Å²) in [6.45, 7) is 0.679. The molecule has 1 N–H and O–H groups in total. The van der Waals surface area contributed by atoms with Crippen molar-refractivity contribution in [3.63, 3.8) is 0 Å². The lowest BCUT2D eigenvalue weighted by molar-refractivity contribution is 0.0946. The van der Waals surface area contributed by atoms with E-state index in [-0.39, 0.29) is 11.7 Å². The van der Waals surface area contributed by atoms with Gasteiger partial charge in [0, 0.05) is 12.1 Å². The molecule has 1 aliphatic carbocycles. The van der Waals surface area contributed by atoms with Crippen molar-refractivity contribution in [2.75, 3.05) is 6.54 Å². The minimum absolute atomic E-state index is 0.148. The first-order valence-corrected chi connectivity index (χ1v) is 6.84. The van der Waals surface area contributed by atoms with Crippen LogP contribution in [0.1, 0.15) is 29.6 Å². The maximum absolute atomic E-state index is 13.1. The van der Waals surface area contributed by atoms with Crippen LogP contribution in [0.15, 0.2) is 34.8 Å². The zero-order valence-corrected chi connectivity index (χ0v) is 11.5. The average molecular weight is 312 g/mol. The Morgan fingerprint density at radius 2 is 2.28 bits per heavy atom. The number of benzene rings is 1. The number of nitrogens with one attached hydrogen (secondary N) is 1. The predicted molar refractivity (Wildman–Crippen MR) is 72.9 cm³/mol. The Morgan fingerprint density at radius 3 is 2.94 bits per heavy atom. The molecule has 0 aliphatic heterocycles. The molecule has 1 unspecified atom stereocenters. The molecule has 0 bridgehead atoms. The molecule has 1 aliphatic rings. The van der Waals surface area contributed by atoms with Crippen LogP contribution in [0.25, 0.3) is 0 Å². The lowest BCUT2D eigenvalue weighted by Gasteiger charge is -2.18. The van der Waals surface area contributed by atoms with Crippen LogP contribution >= 0.6 is 15.9 Å².